The normalized spacial score (nSPS) is 14.7. The Morgan fingerprint density at radius 2 is 2.32 bits per heavy atom. The summed E-state index contributed by atoms with van der Waals surface area (Å²) in [7, 11) is 2.06. The number of nitrogens with two attached hydrogens (primary N) is 1. The summed E-state index contributed by atoms with van der Waals surface area (Å²) in [5, 5.41) is 6.96. The van der Waals surface area contributed by atoms with Gasteiger partial charge in [-0.15, -0.1) is 0 Å². The molecule has 1 aliphatic carbocycles. The summed E-state index contributed by atoms with van der Waals surface area (Å²) >= 11 is 1.25. The van der Waals surface area contributed by atoms with Crippen molar-refractivity contribution in [1.29, 1.82) is 0 Å². The Kier molecular flexibility index (Phi) is 4.60. The molecule has 4 N–H and O–H groups in total. The first kappa shape index (κ1) is 14.1. The lowest BCUT2D eigenvalue weighted by Crippen LogP contribution is -2.28. The van der Waals surface area contributed by atoms with Crippen LogP contribution in [0.15, 0.2) is 0 Å². The molecular weight excluding hydrogens is 262 g/mol. The van der Waals surface area contributed by atoms with E-state index in [4.69, 9.17) is 5.73 Å². The fraction of sp³-hybridized carbons (Fsp3) is 0.667. The van der Waals surface area contributed by atoms with Crippen LogP contribution in [0.3, 0.4) is 0 Å². The summed E-state index contributed by atoms with van der Waals surface area (Å²) in [4.78, 5) is 14.3. The second-order valence-electron chi connectivity index (χ2n) is 4.84. The van der Waals surface area contributed by atoms with Gasteiger partial charge in [-0.05, 0) is 38.0 Å². The van der Waals surface area contributed by atoms with E-state index in [2.05, 4.69) is 33.9 Å². The highest BCUT2D eigenvalue weighted by atomic mass is 32.1. The van der Waals surface area contributed by atoms with Crippen molar-refractivity contribution in [2.45, 2.75) is 25.8 Å². The first-order valence-corrected chi connectivity index (χ1v) is 7.37. The van der Waals surface area contributed by atoms with E-state index in [1.165, 1.54) is 11.5 Å². The third-order valence-electron chi connectivity index (χ3n) is 3.18. The van der Waals surface area contributed by atoms with E-state index in [-0.39, 0.29) is 5.91 Å². The number of nitrogens with zero attached hydrogens (tertiary/aromatic N) is 2. The van der Waals surface area contributed by atoms with Crippen LogP contribution in [0.5, 0.6) is 0 Å². The summed E-state index contributed by atoms with van der Waals surface area (Å²) in [6.07, 6.45) is 2.13. The van der Waals surface area contributed by atoms with Crippen molar-refractivity contribution in [1.82, 2.24) is 14.6 Å². The molecule has 1 aliphatic rings. The Hall–Kier alpha value is -1.34. The van der Waals surface area contributed by atoms with Crippen molar-refractivity contribution in [2.75, 3.05) is 37.7 Å². The van der Waals surface area contributed by atoms with Crippen molar-refractivity contribution in [3.05, 3.63) is 5.56 Å². The molecule has 0 unspecified atom stereocenters. The van der Waals surface area contributed by atoms with Crippen LogP contribution < -0.4 is 16.4 Å². The molecule has 6 nitrogen and oxygen atoms in total. The lowest BCUT2D eigenvalue weighted by molar-refractivity contribution is 0.0953. The largest absolute Gasteiger partial charge is 0.382 e. The highest BCUT2D eigenvalue weighted by Gasteiger charge is 2.27. The van der Waals surface area contributed by atoms with Crippen LogP contribution in [0.25, 0.3) is 0 Å². The zero-order valence-electron chi connectivity index (χ0n) is 11.4. The molecule has 7 heteroatoms. The number of carbonyl (C=O) groups is 1. The van der Waals surface area contributed by atoms with Crippen LogP contribution in [0.2, 0.25) is 0 Å². The van der Waals surface area contributed by atoms with E-state index < -0.39 is 0 Å². The SMILES string of the molecule is CCN(C)CCNc1snc(N)c1C(=O)NC1CC1. The van der Waals surface area contributed by atoms with Gasteiger partial charge >= 0.3 is 0 Å². The molecule has 0 radical (unpaired) electrons. The summed E-state index contributed by atoms with van der Waals surface area (Å²) in [6.45, 7) is 4.80. The number of rotatable bonds is 7. The fourth-order valence-corrected chi connectivity index (χ4v) is 2.38. The maximum atomic E-state index is 12.1. The predicted molar refractivity (Wildman–Crippen MR) is 78.7 cm³/mol. The molecule has 0 spiro atoms. The first-order chi connectivity index (χ1) is 9.11. The number of hydrogen-bond donors (Lipinski definition) is 3. The Balaban J connectivity index is 1.94. The second kappa shape index (κ2) is 6.21. The number of likely N-dealkylation sites (N-methyl/N-ethyl adjacent to an activating group) is 1. The number of aromatic nitrogens is 1. The van der Waals surface area contributed by atoms with Crippen LogP contribution in [0.1, 0.15) is 30.1 Å². The number of anilines is 2. The maximum absolute atomic E-state index is 12.1. The molecule has 1 aromatic heterocycles. The molecule has 1 amide bonds. The fourth-order valence-electron chi connectivity index (χ4n) is 1.65. The average Bonchev–Trinajstić information content (AvgIpc) is 3.11. The van der Waals surface area contributed by atoms with Crippen LogP contribution in [-0.2, 0) is 0 Å². The van der Waals surface area contributed by atoms with Crippen molar-refractivity contribution >= 4 is 28.3 Å². The number of nitrogen functional groups attached to an aromatic ring is 1. The monoisotopic (exact) mass is 283 g/mol. The number of hydrogen-bond acceptors (Lipinski definition) is 6. The molecule has 1 aromatic rings. The maximum Gasteiger partial charge on any atom is 0.258 e. The van der Waals surface area contributed by atoms with Gasteiger partial charge in [-0.1, -0.05) is 6.92 Å². The Bertz CT molecular complexity index is 443. The summed E-state index contributed by atoms with van der Waals surface area (Å²) in [5.74, 6) is 0.203. The van der Waals surface area contributed by atoms with Crippen LogP contribution in [-0.4, -0.2) is 47.9 Å². The summed E-state index contributed by atoms with van der Waals surface area (Å²) in [6, 6.07) is 0.325. The zero-order chi connectivity index (χ0) is 13.8. The predicted octanol–water partition coefficient (Wildman–Crippen LogP) is 0.981. The van der Waals surface area contributed by atoms with Crippen LogP contribution >= 0.6 is 11.5 Å². The van der Waals surface area contributed by atoms with E-state index in [0.717, 1.165) is 37.5 Å². The van der Waals surface area contributed by atoms with Gasteiger partial charge in [0, 0.05) is 19.1 Å². The number of carbonyl (C=O) groups excluding carboxylic acids is 1. The molecule has 0 aromatic carbocycles. The van der Waals surface area contributed by atoms with Gasteiger partial charge in [-0.2, -0.15) is 4.37 Å². The van der Waals surface area contributed by atoms with E-state index >= 15 is 0 Å². The molecule has 106 valence electrons. The molecule has 0 aliphatic heterocycles. The van der Waals surface area contributed by atoms with Gasteiger partial charge in [0.2, 0.25) is 0 Å². The molecule has 19 heavy (non-hydrogen) atoms. The Morgan fingerprint density at radius 1 is 1.58 bits per heavy atom. The van der Waals surface area contributed by atoms with E-state index in [9.17, 15) is 4.79 Å². The standard InChI is InChI=1S/C12H21N5OS/c1-3-17(2)7-6-14-12-9(10(13)16-19-12)11(18)15-8-4-5-8/h8,14H,3-7H2,1-2H3,(H2,13,16)(H,15,18). The molecular formula is C12H21N5OS. The van der Waals surface area contributed by atoms with Crippen molar-refractivity contribution in [3.63, 3.8) is 0 Å². The van der Waals surface area contributed by atoms with Gasteiger partial charge in [0.1, 0.15) is 10.6 Å². The van der Waals surface area contributed by atoms with Gasteiger partial charge in [0.15, 0.2) is 5.82 Å². The second-order valence-corrected chi connectivity index (χ2v) is 5.62. The summed E-state index contributed by atoms with van der Waals surface area (Å²) < 4.78 is 4.07. The minimum Gasteiger partial charge on any atom is -0.382 e. The van der Waals surface area contributed by atoms with E-state index in [1.807, 2.05) is 0 Å². The minimum absolute atomic E-state index is 0.111. The van der Waals surface area contributed by atoms with Crippen molar-refractivity contribution in [2.24, 2.45) is 0 Å². The van der Waals surface area contributed by atoms with Gasteiger partial charge in [-0.3, -0.25) is 4.79 Å². The van der Waals surface area contributed by atoms with Crippen molar-refractivity contribution in [3.8, 4) is 0 Å². The highest BCUT2D eigenvalue weighted by Crippen LogP contribution is 2.28. The lowest BCUT2D eigenvalue weighted by atomic mass is 10.3. The third kappa shape index (κ3) is 3.81. The molecule has 1 saturated carbocycles. The first-order valence-electron chi connectivity index (χ1n) is 6.60. The quantitative estimate of drug-likeness (QED) is 0.695. The molecule has 1 heterocycles. The number of amides is 1. The topological polar surface area (TPSA) is 83.3 Å². The Morgan fingerprint density at radius 3 is 2.95 bits per heavy atom. The molecule has 2 rings (SSSR count). The van der Waals surface area contributed by atoms with Gasteiger partial charge in [0.25, 0.3) is 5.91 Å². The average molecular weight is 283 g/mol. The Labute approximate surface area is 117 Å². The van der Waals surface area contributed by atoms with Crippen LogP contribution in [0.4, 0.5) is 10.8 Å². The summed E-state index contributed by atoms with van der Waals surface area (Å²) in [5.41, 5.74) is 6.28. The van der Waals surface area contributed by atoms with E-state index in [1.54, 1.807) is 0 Å². The number of nitrogens with one attached hydrogen (secondary N) is 2. The third-order valence-corrected chi connectivity index (χ3v) is 4.00. The van der Waals surface area contributed by atoms with Gasteiger partial charge in [0.05, 0.1) is 0 Å². The lowest BCUT2D eigenvalue weighted by Gasteiger charge is -2.14. The highest BCUT2D eigenvalue weighted by molar-refractivity contribution is 7.11. The van der Waals surface area contributed by atoms with Gasteiger partial charge in [-0.25, -0.2) is 0 Å². The molecule has 0 bridgehead atoms. The van der Waals surface area contributed by atoms with Crippen molar-refractivity contribution < 1.29 is 4.79 Å². The van der Waals surface area contributed by atoms with Crippen LogP contribution in [0, 0.1) is 0 Å². The molecule has 0 atom stereocenters. The molecule has 1 fully saturated rings. The smallest absolute Gasteiger partial charge is 0.258 e. The van der Waals surface area contributed by atoms with E-state index in [0.29, 0.717) is 17.4 Å². The minimum atomic E-state index is -0.111. The molecule has 0 saturated heterocycles. The van der Waals surface area contributed by atoms with Gasteiger partial charge < -0.3 is 21.3 Å². The zero-order valence-corrected chi connectivity index (χ0v) is 12.2.